The van der Waals surface area contributed by atoms with Gasteiger partial charge in [-0.1, -0.05) is 12.1 Å². The van der Waals surface area contributed by atoms with Crippen molar-refractivity contribution in [3.05, 3.63) is 59.4 Å². The number of benzene rings is 1. The number of hydrogen-bond donors (Lipinski definition) is 1. The van der Waals surface area contributed by atoms with Gasteiger partial charge in [-0.3, -0.25) is 14.7 Å². The molecule has 5 nitrogen and oxygen atoms in total. The molecule has 28 heavy (non-hydrogen) atoms. The van der Waals surface area contributed by atoms with Crippen LogP contribution in [-0.2, 0) is 6.18 Å². The van der Waals surface area contributed by atoms with Gasteiger partial charge < -0.3 is 10.1 Å². The molecule has 1 aliphatic rings. The topological polar surface area (TPSA) is 54.5 Å². The summed E-state index contributed by atoms with van der Waals surface area (Å²) in [5.41, 5.74) is 0.0984. The number of halogens is 3. The Kier molecular flexibility index (Phi) is 6.18. The summed E-state index contributed by atoms with van der Waals surface area (Å²) in [7, 11) is 1.60. The standard InChI is InChI=1S/C20H22F3N3O2/c1-28-16-6-4-5-14(11-16)17(26-9-2-3-10-26)13-25-19(27)15-7-8-18(24-12-15)20(21,22)23/h4-8,11-12,17H,2-3,9-10,13H2,1H3,(H,25,27). The predicted octanol–water partition coefficient (Wildman–Crippen LogP) is 3.68. The molecule has 1 aliphatic heterocycles. The Hall–Kier alpha value is -2.61. The SMILES string of the molecule is COc1cccc(C(CNC(=O)c2ccc(C(F)(F)F)nc2)N2CCCC2)c1. The first-order chi connectivity index (χ1) is 13.4. The van der Waals surface area contributed by atoms with Crippen LogP contribution in [0.25, 0.3) is 0 Å². The number of likely N-dealkylation sites (tertiary alicyclic amines) is 1. The van der Waals surface area contributed by atoms with Crippen LogP contribution >= 0.6 is 0 Å². The average molecular weight is 393 g/mol. The Bertz CT molecular complexity index is 803. The quantitative estimate of drug-likeness (QED) is 0.814. The van der Waals surface area contributed by atoms with E-state index in [2.05, 4.69) is 15.2 Å². The molecule has 1 saturated heterocycles. The molecular weight excluding hydrogens is 371 g/mol. The lowest BCUT2D eigenvalue weighted by atomic mass is 10.0. The van der Waals surface area contributed by atoms with Gasteiger partial charge in [0.15, 0.2) is 0 Å². The highest BCUT2D eigenvalue weighted by Gasteiger charge is 2.32. The number of alkyl halides is 3. The Morgan fingerprint density at radius 3 is 2.61 bits per heavy atom. The Balaban J connectivity index is 1.71. The highest BCUT2D eigenvalue weighted by atomic mass is 19.4. The van der Waals surface area contributed by atoms with E-state index >= 15 is 0 Å². The molecule has 2 aromatic rings. The number of nitrogens with zero attached hydrogens (tertiary/aromatic N) is 2. The van der Waals surface area contributed by atoms with Gasteiger partial charge in [-0.25, -0.2) is 0 Å². The molecule has 150 valence electrons. The molecule has 1 atom stereocenters. The van der Waals surface area contributed by atoms with E-state index in [-0.39, 0.29) is 11.6 Å². The first-order valence-electron chi connectivity index (χ1n) is 9.08. The largest absolute Gasteiger partial charge is 0.497 e. The monoisotopic (exact) mass is 393 g/mol. The molecule has 0 radical (unpaired) electrons. The second kappa shape index (κ2) is 8.60. The van der Waals surface area contributed by atoms with Crippen molar-refractivity contribution in [1.29, 1.82) is 0 Å². The van der Waals surface area contributed by atoms with E-state index in [4.69, 9.17) is 4.74 Å². The summed E-state index contributed by atoms with van der Waals surface area (Å²) < 4.78 is 43.1. The number of nitrogens with one attached hydrogen (secondary N) is 1. The summed E-state index contributed by atoms with van der Waals surface area (Å²) >= 11 is 0. The summed E-state index contributed by atoms with van der Waals surface area (Å²) in [5, 5.41) is 2.83. The molecule has 2 heterocycles. The van der Waals surface area contributed by atoms with Crippen LogP contribution in [0.3, 0.4) is 0 Å². The second-order valence-corrected chi connectivity index (χ2v) is 6.68. The predicted molar refractivity (Wildman–Crippen MR) is 98.1 cm³/mol. The normalized spacial score (nSPS) is 16.0. The highest BCUT2D eigenvalue weighted by molar-refractivity contribution is 5.93. The fraction of sp³-hybridized carbons (Fsp3) is 0.400. The van der Waals surface area contributed by atoms with E-state index in [9.17, 15) is 18.0 Å². The summed E-state index contributed by atoms with van der Waals surface area (Å²) in [4.78, 5) is 18.0. The van der Waals surface area contributed by atoms with Crippen LogP contribution in [0, 0.1) is 0 Å². The van der Waals surface area contributed by atoms with Crippen molar-refractivity contribution in [3.63, 3.8) is 0 Å². The van der Waals surface area contributed by atoms with Gasteiger partial charge in [0.05, 0.1) is 18.7 Å². The number of carbonyl (C=O) groups is 1. The molecule has 0 saturated carbocycles. The molecule has 1 aromatic heterocycles. The molecule has 0 bridgehead atoms. The summed E-state index contributed by atoms with van der Waals surface area (Å²) in [5.74, 6) is 0.285. The minimum atomic E-state index is -4.53. The first-order valence-corrected chi connectivity index (χ1v) is 9.08. The van der Waals surface area contributed by atoms with E-state index in [0.717, 1.165) is 55.6 Å². The molecular formula is C20H22F3N3O2. The number of aromatic nitrogens is 1. The lowest BCUT2D eigenvalue weighted by Gasteiger charge is -2.28. The zero-order chi connectivity index (χ0) is 20.1. The van der Waals surface area contributed by atoms with Gasteiger partial charge >= 0.3 is 6.18 Å². The van der Waals surface area contributed by atoms with E-state index in [1.54, 1.807) is 7.11 Å². The van der Waals surface area contributed by atoms with Gasteiger partial charge in [0.25, 0.3) is 5.91 Å². The maximum absolute atomic E-state index is 12.6. The smallest absolute Gasteiger partial charge is 0.433 e. The molecule has 1 aromatic carbocycles. The molecule has 1 unspecified atom stereocenters. The van der Waals surface area contributed by atoms with E-state index in [1.165, 1.54) is 0 Å². The van der Waals surface area contributed by atoms with Gasteiger partial charge in [-0.2, -0.15) is 13.2 Å². The van der Waals surface area contributed by atoms with Crippen molar-refractivity contribution in [2.24, 2.45) is 0 Å². The Morgan fingerprint density at radius 1 is 1.25 bits per heavy atom. The number of rotatable bonds is 6. The Morgan fingerprint density at radius 2 is 2.00 bits per heavy atom. The molecule has 1 amide bonds. The van der Waals surface area contributed by atoms with Gasteiger partial charge in [0, 0.05) is 12.7 Å². The minimum Gasteiger partial charge on any atom is -0.497 e. The van der Waals surface area contributed by atoms with Crippen molar-refractivity contribution >= 4 is 5.91 Å². The molecule has 0 aliphatic carbocycles. The van der Waals surface area contributed by atoms with Gasteiger partial charge in [0.1, 0.15) is 11.4 Å². The molecule has 3 rings (SSSR count). The first kappa shape index (κ1) is 20.1. The zero-order valence-corrected chi connectivity index (χ0v) is 15.5. The maximum Gasteiger partial charge on any atom is 0.433 e. The maximum atomic E-state index is 12.6. The minimum absolute atomic E-state index is 0.0380. The van der Waals surface area contributed by atoms with E-state index in [0.29, 0.717) is 6.54 Å². The number of ether oxygens (including phenoxy) is 1. The molecule has 1 fully saturated rings. The van der Waals surface area contributed by atoms with E-state index < -0.39 is 17.8 Å². The number of methoxy groups -OCH3 is 1. The summed E-state index contributed by atoms with van der Waals surface area (Å²) in [6.07, 6.45) is -1.38. The van der Waals surface area contributed by atoms with Crippen LogP contribution in [-0.4, -0.2) is 42.5 Å². The van der Waals surface area contributed by atoms with Crippen LogP contribution in [0.5, 0.6) is 5.75 Å². The third-order valence-electron chi connectivity index (χ3n) is 4.83. The highest BCUT2D eigenvalue weighted by Crippen LogP contribution is 2.28. The van der Waals surface area contributed by atoms with Crippen LogP contribution in [0.2, 0.25) is 0 Å². The van der Waals surface area contributed by atoms with Crippen molar-refractivity contribution < 1.29 is 22.7 Å². The van der Waals surface area contributed by atoms with Crippen LogP contribution in [0.15, 0.2) is 42.6 Å². The van der Waals surface area contributed by atoms with Gasteiger partial charge in [-0.05, 0) is 55.8 Å². The number of carbonyl (C=O) groups excluding carboxylic acids is 1. The van der Waals surface area contributed by atoms with Crippen molar-refractivity contribution in [1.82, 2.24) is 15.2 Å². The lowest BCUT2D eigenvalue weighted by Crippen LogP contribution is -2.36. The second-order valence-electron chi connectivity index (χ2n) is 6.68. The van der Waals surface area contributed by atoms with Crippen LogP contribution in [0.4, 0.5) is 13.2 Å². The van der Waals surface area contributed by atoms with Crippen molar-refractivity contribution in [2.75, 3.05) is 26.7 Å². The van der Waals surface area contributed by atoms with Crippen molar-refractivity contribution in [2.45, 2.75) is 25.1 Å². The average Bonchev–Trinajstić information content (AvgIpc) is 3.22. The van der Waals surface area contributed by atoms with Gasteiger partial charge in [0.2, 0.25) is 0 Å². The summed E-state index contributed by atoms with van der Waals surface area (Å²) in [6, 6.07) is 9.60. The number of amides is 1. The third kappa shape index (κ3) is 4.81. The molecule has 0 spiro atoms. The third-order valence-corrected chi connectivity index (χ3v) is 4.83. The number of pyridine rings is 1. The van der Waals surface area contributed by atoms with Crippen molar-refractivity contribution in [3.8, 4) is 5.75 Å². The van der Waals surface area contributed by atoms with E-state index in [1.807, 2.05) is 24.3 Å². The van der Waals surface area contributed by atoms with Crippen LogP contribution in [0.1, 0.15) is 40.5 Å². The zero-order valence-electron chi connectivity index (χ0n) is 15.5. The number of hydrogen-bond acceptors (Lipinski definition) is 4. The fourth-order valence-electron chi connectivity index (χ4n) is 3.35. The Labute approximate surface area is 161 Å². The molecule has 8 heteroatoms. The molecule has 1 N–H and O–H groups in total. The fourth-order valence-corrected chi connectivity index (χ4v) is 3.35. The van der Waals surface area contributed by atoms with Gasteiger partial charge in [-0.15, -0.1) is 0 Å². The van der Waals surface area contributed by atoms with Crippen LogP contribution < -0.4 is 10.1 Å². The summed E-state index contributed by atoms with van der Waals surface area (Å²) in [6.45, 7) is 2.20. The lowest BCUT2D eigenvalue weighted by molar-refractivity contribution is -0.141.